The first kappa shape index (κ1) is 18.2. The first-order chi connectivity index (χ1) is 13.6. The van der Waals surface area contributed by atoms with E-state index in [-0.39, 0.29) is 5.56 Å². The maximum atomic E-state index is 12.3. The Labute approximate surface area is 164 Å². The Bertz CT molecular complexity index is 1000. The molecule has 6 heteroatoms. The number of hydrogen-bond acceptors (Lipinski definition) is 5. The average molecular weight is 375 g/mol. The highest BCUT2D eigenvalue weighted by Gasteiger charge is 2.18. The summed E-state index contributed by atoms with van der Waals surface area (Å²) in [4.78, 5) is 23.3. The standard InChI is InChI=1S/C22H25N5O/c1-26(2)18-10-8-17(9-11-18)24-22-23-14-13-20(25-22)16-7-12-21(28)27(15-16)19-5-3-4-6-19/h7-15,19H,3-6H2,1-2H3,(H,23,24,25). The Morgan fingerprint density at radius 3 is 2.50 bits per heavy atom. The summed E-state index contributed by atoms with van der Waals surface area (Å²) in [5, 5.41) is 3.25. The second-order valence-electron chi connectivity index (χ2n) is 7.43. The van der Waals surface area contributed by atoms with Crippen molar-refractivity contribution in [3.8, 4) is 11.3 Å². The van der Waals surface area contributed by atoms with Crippen molar-refractivity contribution in [1.82, 2.24) is 14.5 Å². The van der Waals surface area contributed by atoms with E-state index in [2.05, 4.69) is 20.2 Å². The van der Waals surface area contributed by atoms with Crippen molar-refractivity contribution in [1.29, 1.82) is 0 Å². The molecule has 1 aromatic carbocycles. The lowest BCUT2D eigenvalue weighted by atomic mass is 10.1. The first-order valence-corrected chi connectivity index (χ1v) is 9.70. The number of pyridine rings is 1. The van der Waals surface area contributed by atoms with Crippen LogP contribution in [0.4, 0.5) is 17.3 Å². The summed E-state index contributed by atoms with van der Waals surface area (Å²) in [6.07, 6.45) is 8.21. The molecule has 1 saturated carbocycles. The molecule has 28 heavy (non-hydrogen) atoms. The molecule has 6 nitrogen and oxygen atoms in total. The van der Waals surface area contributed by atoms with E-state index in [1.807, 2.05) is 61.3 Å². The molecule has 0 radical (unpaired) electrons. The molecule has 1 fully saturated rings. The average Bonchev–Trinajstić information content (AvgIpc) is 3.23. The Balaban J connectivity index is 1.58. The molecule has 0 amide bonds. The highest BCUT2D eigenvalue weighted by Crippen LogP contribution is 2.29. The van der Waals surface area contributed by atoms with Crippen molar-refractivity contribution < 1.29 is 0 Å². The van der Waals surface area contributed by atoms with Gasteiger partial charge in [-0.3, -0.25) is 4.79 Å². The van der Waals surface area contributed by atoms with Gasteiger partial charge in [0.1, 0.15) is 0 Å². The van der Waals surface area contributed by atoms with E-state index in [1.54, 1.807) is 12.3 Å². The number of nitrogens with one attached hydrogen (secondary N) is 1. The lowest BCUT2D eigenvalue weighted by Crippen LogP contribution is -2.22. The molecule has 0 unspecified atom stereocenters. The summed E-state index contributed by atoms with van der Waals surface area (Å²) in [6.45, 7) is 0. The van der Waals surface area contributed by atoms with E-state index in [4.69, 9.17) is 0 Å². The van der Waals surface area contributed by atoms with Crippen LogP contribution in [0.5, 0.6) is 0 Å². The number of nitrogens with zero attached hydrogens (tertiary/aromatic N) is 4. The molecule has 2 aromatic heterocycles. The quantitative estimate of drug-likeness (QED) is 0.723. The molecular weight excluding hydrogens is 350 g/mol. The Morgan fingerprint density at radius 2 is 1.79 bits per heavy atom. The van der Waals surface area contributed by atoms with Crippen LogP contribution in [-0.4, -0.2) is 28.6 Å². The molecule has 0 saturated heterocycles. The minimum absolute atomic E-state index is 0.0593. The smallest absolute Gasteiger partial charge is 0.250 e. The molecule has 4 rings (SSSR count). The molecule has 144 valence electrons. The molecule has 0 bridgehead atoms. The van der Waals surface area contributed by atoms with Gasteiger partial charge in [-0.05, 0) is 49.2 Å². The van der Waals surface area contributed by atoms with Gasteiger partial charge < -0.3 is 14.8 Å². The lowest BCUT2D eigenvalue weighted by Gasteiger charge is -2.15. The zero-order valence-electron chi connectivity index (χ0n) is 16.3. The molecule has 0 aliphatic heterocycles. The lowest BCUT2D eigenvalue weighted by molar-refractivity contribution is 0.503. The van der Waals surface area contributed by atoms with Crippen molar-refractivity contribution in [2.75, 3.05) is 24.3 Å². The first-order valence-electron chi connectivity index (χ1n) is 9.70. The van der Waals surface area contributed by atoms with Gasteiger partial charge >= 0.3 is 0 Å². The summed E-state index contributed by atoms with van der Waals surface area (Å²) >= 11 is 0. The third-order valence-corrected chi connectivity index (χ3v) is 5.25. The summed E-state index contributed by atoms with van der Waals surface area (Å²) in [5.41, 5.74) is 3.85. The number of hydrogen-bond donors (Lipinski definition) is 1. The summed E-state index contributed by atoms with van der Waals surface area (Å²) in [7, 11) is 4.03. The van der Waals surface area contributed by atoms with E-state index in [1.165, 1.54) is 12.8 Å². The molecule has 1 aliphatic rings. The maximum absolute atomic E-state index is 12.3. The Kier molecular flexibility index (Phi) is 5.10. The normalized spacial score (nSPS) is 14.2. The zero-order chi connectivity index (χ0) is 19.5. The van der Waals surface area contributed by atoms with Crippen LogP contribution in [-0.2, 0) is 0 Å². The van der Waals surface area contributed by atoms with Gasteiger partial charge in [-0.2, -0.15) is 0 Å². The Morgan fingerprint density at radius 1 is 1.04 bits per heavy atom. The van der Waals surface area contributed by atoms with Crippen LogP contribution in [0.2, 0.25) is 0 Å². The fraction of sp³-hybridized carbons (Fsp3) is 0.318. The van der Waals surface area contributed by atoms with Crippen LogP contribution in [0.25, 0.3) is 11.3 Å². The van der Waals surface area contributed by atoms with Gasteiger partial charge in [0.2, 0.25) is 5.95 Å². The van der Waals surface area contributed by atoms with E-state index in [9.17, 15) is 4.79 Å². The van der Waals surface area contributed by atoms with Gasteiger partial charge in [-0.1, -0.05) is 12.8 Å². The van der Waals surface area contributed by atoms with Gasteiger partial charge in [0, 0.05) is 55.5 Å². The van der Waals surface area contributed by atoms with E-state index >= 15 is 0 Å². The fourth-order valence-electron chi connectivity index (χ4n) is 3.67. The SMILES string of the molecule is CN(C)c1ccc(Nc2nccc(-c3ccc(=O)n(C4CCCC4)c3)n2)cc1. The molecule has 3 aromatic rings. The van der Waals surface area contributed by atoms with Crippen molar-refractivity contribution in [3.05, 3.63) is 65.2 Å². The molecule has 1 aliphatic carbocycles. The number of aromatic nitrogens is 3. The van der Waals surface area contributed by atoms with Crippen LogP contribution in [0, 0.1) is 0 Å². The maximum Gasteiger partial charge on any atom is 0.250 e. The van der Waals surface area contributed by atoms with Gasteiger partial charge in [-0.15, -0.1) is 0 Å². The minimum Gasteiger partial charge on any atom is -0.378 e. The second-order valence-corrected chi connectivity index (χ2v) is 7.43. The summed E-state index contributed by atoms with van der Waals surface area (Å²) in [5.74, 6) is 0.536. The zero-order valence-corrected chi connectivity index (χ0v) is 16.3. The van der Waals surface area contributed by atoms with E-state index in [0.29, 0.717) is 12.0 Å². The second kappa shape index (κ2) is 7.84. The number of rotatable bonds is 5. The van der Waals surface area contributed by atoms with Crippen molar-refractivity contribution in [2.45, 2.75) is 31.7 Å². The number of benzene rings is 1. The predicted octanol–water partition coefficient (Wildman–Crippen LogP) is 4.23. The molecule has 1 N–H and O–H groups in total. The van der Waals surface area contributed by atoms with Crippen molar-refractivity contribution >= 4 is 17.3 Å². The van der Waals surface area contributed by atoms with Gasteiger partial charge in [-0.25, -0.2) is 9.97 Å². The van der Waals surface area contributed by atoms with Crippen LogP contribution >= 0.6 is 0 Å². The van der Waals surface area contributed by atoms with Crippen LogP contribution in [0.1, 0.15) is 31.7 Å². The van der Waals surface area contributed by atoms with Crippen molar-refractivity contribution in [3.63, 3.8) is 0 Å². The fourth-order valence-corrected chi connectivity index (χ4v) is 3.67. The third-order valence-electron chi connectivity index (χ3n) is 5.25. The highest BCUT2D eigenvalue weighted by molar-refractivity contribution is 5.62. The van der Waals surface area contributed by atoms with E-state index in [0.717, 1.165) is 35.5 Å². The third kappa shape index (κ3) is 3.91. The topological polar surface area (TPSA) is 63.1 Å². The van der Waals surface area contributed by atoms with Crippen LogP contribution in [0.3, 0.4) is 0 Å². The number of anilines is 3. The van der Waals surface area contributed by atoms with Crippen LogP contribution in [0.15, 0.2) is 59.7 Å². The minimum atomic E-state index is 0.0593. The monoisotopic (exact) mass is 375 g/mol. The molecular formula is C22H25N5O. The predicted molar refractivity (Wildman–Crippen MR) is 113 cm³/mol. The van der Waals surface area contributed by atoms with Gasteiger partial charge in [0.25, 0.3) is 5.56 Å². The summed E-state index contributed by atoms with van der Waals surface area (Å²) < 4.78 is 1.87. The van der Waals surface area contributed by atoms with Crippen LogP contribution < -0.4 is 15.8 Å². The Hall–Kier alpha value is -3.15. The highest BCUT2D eigenvalue weighted by atomic mass is 16.1. The largest absolute Gasteiger partial charge is 0.378 e. The molecule has 0 atom stereocenters. The van der Waals surface area contributed by atoms with Gasteiger partial charge in [0.15, 0.2) is 0 Å². The van der Waals surface area contributed by atoms with Gasteiger partial charge in [0.05, 0.1) is 5.69 Å². The van der Waals surface area contributed by atoms with Crippen molar-refractivity contribution in [2.24, 2.45) is 0 Å². The molecule has 0 spiro atoms. The van der Waals surface area contributed by atoms with E-state index < -0.39 is 0 Å². The molecule has 2 heterocycles. The summed E-state index contributed by atoms with van der Waals surface area (Å²) in [6, 6.07) is 13.8.